The number of rotatable bonds is 4. The first-order chi connectivity index (χ1) is 11.2. The standard InChI is InChI=1S/C19H30N4.HI/c1-16-6-4-12-23(14-16)19(20)21-10-5-11-22-13-9-17-7-2-3-8-18(17)15-22;/h2-3,7-8,16H,4-6,9-15H2,1H3,(H2,20,21);1H. The summed E-state index contributed by atoms with van der Waals surface area (Å²) in [4.78, 5) is 9.40. The summed E-state index contributed by atoms with van der Waals surface area (Å²) in [7, 11) is 0. The monoisotopic (exact) mass is 442 g/mol. The van der Waals surface area contributed by atoms with Crippen LogP contribution in [0.1, 0.15) is 37.3 Å². The molecule has 0 saturated carbocycles. The van der Waals surface area contributed by atoms with Gasteiger partial charge in [0.1, 0.15) is 0 Å². The van der Waals surface area contributed by atoms with Crippen LogP contribution < -0.4 is 5.73 Å². The van der Waals surface area contributed by atoms with Crippen molar-refractivity contribution >= 4 is 29.9 Å². The number of nitrogens with two attached hydrogens (primary N) is 1. The Morgan fingerprint density at radius 3 is 2.83 bits per heavy atom. The second-order valence-corrected chi connectivity index (χ2v) is 7.08. The van der Waals surface area contributed by atoms with Gasteiger partial charge in [-0.15, -0.1) is 24.0 Å². The number of piperidine rings is 1. The molecule has 24 heavy (non-hydrogen) atoms. The molecule has 1 unspecified atom stereocenters. The fraction of sp³-hybridized carbons (Fsp3) is 0.632. The number of guanidine groups is 1. The second kappa shape index (κ2) is 9.61. The number of nitrogens with zero attached hydrogens (tertiary/aromatic N) is 3. The summed E-state index contributed by atoms with van der Waals surface area (Å²) < 4.78 is 0. The summed E-state index contributed by atoms with van der Waals surface area (Å²) in [5.41, 5.74) is 9.16. The number of benzene rings is 1. The quantitative estimate of drug-likeness (QED) is 0.338. The molecule has 1 aromatic rings. The van der Waals surface area contributed by atoms with Gasteiger partial charge in [0.05, 0.1) is 0 Å². The van der Waals surface area contributed by atoms with Crippen molar-refractivity contribution < 1.29 is 0 Å². The van der Waals surface area contributed by atoms with Gasteiger partial charge in [0.2, 0.25) is 0 Å². The third kappa shape index (κ3) is 5.34. The highest BCUT2D eigenvalue weighted by Crippen LogP contribution is 2.18. The van der Waals surface area contributed by atoms with Gasteiger partial charge in [-0.05, 0) is 42.7 Å². The van der Waals surface area contributed by atoms with E-state index in [1.165, 1.54) is 36.9 Å². The summed E-state index contributed by atoms with van der Waals surface area (Å²) in [6.07, 6.45) is 4.82. The zero-order chi connectivity index (χ0) is 16.1. The van der Waals surface area contributed by atoms with Crippen molar-refractivity contribution in [2.75, 3.05) is 32.7 Å². The Hall–Kier alpha value is -0.820. The molecule has 0 amide bonds. The van der Waals surface area contributed by atoms with E-state index < -0.39 is 0 Å². The number of hydrogen-bond acceptors (Lipinski definition) is 2. The molecule has 1 atom stereocenters. The number of hydrogen-bond donors (Lipinski definition) is 1. The van der Waals surface area contributed by atoms with Gasteiger partial charge < -0.3 is 10.6 Å². The maximum Gasteiger partial charge on any atom is 0.191 e. The maximum atomic E-state index is 6.16. The Morgan fingerprint density at radius 1 is 1.25 bits per heavy atom. The van der Waals surface area contributed by atoms with Gasteiger partial charge in [-0.3, -0.25) is 9.89 Å². The van der Waals surface area contributed by atoms with Crippen LogP contribution in [0.3, 0.4) is 0 Å². The summed E-state index contributed by atoms with van der Waals surface area (Å²) in [6, 6.07) is 8.81. The zero-order valence-electron chi connectivity index (χ0n) is 14.8. The molecule has 0 aromatic heterocycles. The highest BCUT2D eigenvalue weighted by atomic mass is 127. The van der Waals surface area contributed by atoms with Gasteiger partial charge in [0, 0.05) is 39.3 Å². The molecular formula is C19H31IN4. The average Bonchev–Trinajstić information content (AvgIpc) is 2.58. The number of fused-ring (bicyclic) bond motifs is 1. The molecule has 2 heterocycles. The first-order valence-corrected chi connectivity index (χ1v) is 9.06. The van der Waals surface area contributed by atoms with Crippen LogP contribution in [0, 0.1) is 5.92 Å². The average molecular weight is 442 g/mol. The molecule has 1 fully saturated rings. The van der Waals surface area contributed by atoms with Crippen molar-refractivity contribution in [2.24, 2.45) is 16.6 Å². The van der Waals surface area contributed by atoms with E-state index in [-0.39, 0.29) is 24.0 Å². The zero-order valence-corrected chi connectivity index (χ0v) is 17.1. The topological polar surface area (TPSA) is 44.9 Å². The molecule has 0 spiro atoms. The van der Waals surface area contributed by atoms with Crippen molar-refractivity contribution in [3.05, 3.63) is 35.4 Å². The predicted octanol–water partition coefficient (Wildman–Crippen LogP) is 3.10. The highest BCUT2D eigenvalue weighted by Gasteiger charge is 2.18. The fourth-order valence-electron chi connectivity index (χ4n) is 3.73. The molecule has 0 radical (unpaired) electrons. The lowest BCUT2D eigenvalue weighted by Gasteiger charge is -2.31. The number of likely N-dealkylation sites (tertiary alicyclic amines) is 1. The predicted molar refractivity (Wildman–Crippen MR) is 112 cm³/mol. The number of halogens is 1. The van der Waals surface area contributed by atoms with E-state index in [4.69, 9.17) is 5.73 Å². The molecule has 0 bridgehead atoms. The lowest BCUT2D eigenvalue weighted by molar-refractivity contribution is 0.251. The van der Waals surface area contributed by atoms with E-state index >= 15 is 0 Å². The van der Waals surface area contributed by atoms with E-state index in [9.17, 15) is 0 Å². The lowest BCUT2D eigenvalue weighted by Crippen LogP contribution is -2.43. The molecule has 1 aromatic carbocycles. The van der Waals surface area contributed by atoms with Gasteiger partial charge in [-0.25, -0.2) is 0 Å². The van der Waals surface area contributed by atoms with Gasteiger partial charge in [-0.2, -0.15) is 0 Å². The third-order valence-electron chi connectivity index (χ3n) is 5.10. The van der Waals surface area contributed by atoms with Crippen molar-refractivity contribution in [1.82, 2.24) is 9.80 Å². The first-order valence-electron chi connectivity index (χ1n) is 9.06. The normalized spacial score (nSPS) is 22.0. The van der Waals surface area contributed by atoms with E-state index in [2.05, 4.69) is 46.0 Å². The van der Waals surface area contributed by atoms with Crippen LogP contribution >= 0.6 is 24.0 Å². The third-order valence-corrected chi connectivity index (χ3v) is 5.10. The lowest BCUT2D eigenvalue weighted by atomic mass is 10.00. The van der Waals surface area contributed by atoms with Crippen LogP contribution in [0.2, 0.25) is 0 Å². The molecule has 3 rings (SSSR count). The van der Waals surface area contributed by atoms with Crippen molar-refractivity contribution in [3.63, 3.8) is 0 Å². The molecule has 5 heteroatoms. The first kappa shape index (κ1) is 19.5. The SMILES string of the molecule is CC1CCCN(C(N)=NCCCN2CCc3ccccc3C2)C1.I. The summed E-state index contributed by atoms with van der Waals surface area (Å²) in [6.45, 7) is 8.64. The molecule has 134 valence electrons. The largest absolute Gasteiger partial charge is 0.370 e. The van der Waals surface area contributed by atoms with Crippen LogP contribution in [0.4, 0.5) is 0 Å². The van der Waals surface area contributed by atoms with E-state index in [0.717, 1.165) is 51.0 Å². The van der Waals surface area contributed by atoms with Crippen LogP contribution in [-0.4, -0.2) is 48.5 Å². The fourth-order valence-corrected chi connectivity index (χ4v) is 3.73. The van der Waals surface area contributed by atoms with Crippen LogP contribution in [0.15, 0.2) is 29.3 Å². The Labute approximate surface area is 163 Å². The summed E-state index contributed by atoms with van der Waals surface area (Å²) in [5, 5.41) is 0. The molecule has 0 aliphatic carbocycles. The Kier molecular flexibility index (Phi) is 7.81. The minimum absolute atomic E-state index is 0. The Morgan fingerprint density at radius 2 is 2.04 bits per heavy atom. The Balaban J connectivity index is 0.00000208. The Bertz CT molecular complexity index is 546. The highest BCUT2D eigenvalue weighted by molar-refractivity contribution is 14.0. The van der Waals surface area contributed by atoms with Crippen molar-refractivity contribution in [1.29, 1.82) is 0 Å². The van der Waals surface area contributed by atoms with Gasteiger partial charge in [-0.1, -0.05) is 31.2 Å². The molecule has 4 nitrogen and oxygen atoms in total. The molecular weight excluding hydrogens is 411 g/mol. The van der Waals surface area contributed by atoms with Crippen molar-refractivity contribution in [3.8, 4) is 0 Å². The molecule has 1 saturated heterocycles. The molecule has 2 N–H and O–H groups in total. The minimum atomic E-state index is 0. The van der Waals surface area contributed by atoms with E-state index in [1.54, 1.807) is 0 Å². The smallest absolute Gasteiger partial charge is 0.191 e. The second-order valence-electron chi connectivity index (χ2n) is 7.08. The van der Waals surface area contributed by atoms with Crippen molar-refractivity contribution in [2.45, 2.75) is 39.2 Å². The summed E-state index contributed by atoms with van der Waals surface area (Å²) >= 11 is 0. The van der Waals surface area contributed by atoms with Crippen LogP contribution in [-0.2, 0) is 13.0 Å². The number of aliphatic imine (C=N–C) groups is 1. The maximum absolute atomic E-state index is 6.16. The van der Waals surface area contributed by atoms with Gasteiger partial charge in [0.25, 0.3) is 0 Å². The summed E-state index contributed by atoms with van der Waals surface area (Å²) in [5.74, 6) is 1.49. The van der Waals surface area contributed by atoms with Gasteiger partial charge >= 0.3 is 0 Å². The van der Waals surface area contributed by atoms with Gasteiger partial charge in [0.15, 0.2) is 5.96 Å². The molecule has 2 aliphatic rings. The van der Waals surface area contributed by atoms with E-state index in [0.29, 0.717) is 0 Å². The minimum Gasteiger partial charge on any atom is -0.370 e. The van der Waals surface area contributed by atoms with E-state index in [1.807, 2.05) is 0 Å². The van der Waals surface area contributed by atoms with Crippen LogP contribution in [0.25, 0.3) is 0 Å². The van der Waals surface area contributed by atoms with Crippen LogP contribution in [0.5, 0.6) is 0 Å². The molecule has 2 aliphatic heterocycles.